The van der Waals surface area contributed by atoms with Gasteiger partial charge in [-0.1, -0.05) is 12.1 Å². The second-order valence-corrected chi connectivity index (χ2v) is 7.92. The van der Waals surface area contributed by atoms with Crippen molar-refractivity contribution < 1.29 is 8.42 Å². The van der Waals surface area contributed by atoms with Crippen LogP contribution < -0.4 is 10.6 Å². The Labute approximate surface area is 135 Å². The van der Waals surface area contributed by atoms with Crippen LogP contribution in [0.3, 0.4) is 0 Å². The highest BCUT2D eigenvalue weighted by molar-refractivity contribution is 7.91. The predicted molar refractivity (Wildman–Crippen MR) is 91.4 cm³/mol. The molecule has 7 nitrogen and oxygen atoms in total. The fourth-order valence-electron chi connectivity index (χ4n) is 2.72. The van der Waals surface area contributed by atoms with Crippen molar-refractivity contribution in [2.75, 3.05) is 25.1 Å². The van der Waals surface area contributed by atoms with Gasteiger partial charge in [0, 0.05) is 26.1 Å². The maximum Gasteiger partial charge on any atom is 0.191 e. The minimum absolute atomic E-state index is 0.0580. The van der Waals surface area contributed by atoms with Crippen molar-refractivity contribution >= 4 is 26.8 Å². The number of aromatic amines is 1. The quantitative estimate of drug-likeness (QED) is 0.557. The van der Waals surface area contributed by atoms with Gasteiger partial charge in [-0.2, -0.15) is 0 Å². The highest BCUT2D eigenvalue weighted by atomic mass is 32.2. The number of sulfone groups is 1. The van der Waals surface area contributed by atoms with Gasteiger partial charge >= 0.3 is 0 Å². The molecule has 0 spiro atoms. The van der Waals surface area contributed by atoms with E-state index in [9.17, 15) is 8.42 Å². The Kier molecular flexibility index (Phi) is 4.51. The molecule has 1 saturated heterocycles. The molecule has 3 N–H and O–H groups in total. The highest BCUT2D eigenvalue weighted by Crippen LogP contribution is 2.11. The third-order valence-corrected chi connectivity index (χ3v) is 5.66. The van der Waals surface area contributed by atoms with Gasteiger partial charge in [0.25, 0.3) is 0 Å². The molecule has 1 aliphatic heterocycles. The van der Waals surface area contributed by atoms with Gasteiger partial charge < -0.3 is 15.6 Å². The van der Waals surface area contributed by atoms with Crippen molar-refractivity contribution in [3.8, 4) is 0 Å². The predicted octanol–water partition coefficient (Wildman–Crippen LogP) is 0.458. The molecule has 0 amide bonds. The second kappa shape index (κ2) is 6.57. The molecule has 124 valence electrons. The zero-order chi connectivity index (χ0) is 16.3. The number of benzene rings is 1. The third kappa shape index (κ3) is 4.01. The summed E-state index contributed by atoms with van der Waals surface area (Å²) in [5.74, 6) is 1.97. The van der Waals surface area contributed by atoms with Crippen LogP contribution in [0.15, 0.2) is 29.3 Å². The number of imidazole rings is 1. The lowest BCUT2D eigenvalue weighted by Crippen LogP contribution is -2.44. The van der Waals surface area contributed by atoms with Gasteiger partial charge in [-0.15, -0.1) is 0 Å². The van der Waals surface area contributed by atoms with Gasteiger partial charge in [0.05, 0.1) is 22.5 Å². The Balaban J connectivity index is 1.50. The first-order valence-electron chi connectivity index (χ1n) is 7.67. The summed E-state index contributed by atoms with van der Waals surface area (Å²) >= 11 is 0. The van der Waals surface area contributed by atoms with Gasteiger partial charge in [0.1, 0.15) is 5.82 Å². The van der Waals surface area contributed by atoms with Crippen LogP contribution in [-0.4, -0.2) is 55.5 Å². The Morgan fingerprint density at radius 2 is 2.26 bits per heavy atom. The molecule has 0 saturated carbocycles. The molecule has 2 heterocycles. The van der Waals surface area contributed by atoms with Crippen molar-refractivity contribution in [1.29, 1.82) is 0 Å². The van der Waals surface area contributed by atoms with E-state index in [2.05, 4.69) is 25.6 Å². The van der Waals surface area contributed by atoms with E-state index >= 15 is 0 Å². The summed E-state index contributed by atoms with van der Waals surface area (Å²) in [6.07, 6.45) is 1.37. The van der Waals surface area contributed by atoms with Crippen LogP contribution >= 0.6 is 0 Å². The van der Waals surface area contributed by atoms with E-state index in [4.69, 9.17) is 0 Å². The third-order valence-electron chi connectivity index (χ3n) is 3.89. The van der Waals surface area contributed by atoms with E-state index in [1.165, 1.54) is 0 Å². The van der Waals surface area contributed by atoms with E-state index in [0.29, 0.717) is 18.9 Å². The molecule has 8 heteroatoms. The normalized spacial score (nSPS) is 20.7. The molecule has 1 aliphatic rings. The average Bonchev–Trinajstić information content (AvgIpc) is 3.08. The van der Waals surface area contributed by atoms with Gasteiger partial charge in [-0.25, -0.2) is 13.4 Å². The maximum absolute atomic E-state index is 11.5. The van der Waals surface area contributed by atoms with Crippen molar-refractivity contribution in [3.05, 3.63) is 30.1 Å². The molecule has 0 radical (unpaired) electrons. The summed E-state index contributed by atoms with van der Waals surface area (Å²) in [6, 6.07) is 7.86. The van der Waals surface area contributed by atoms with E-state index < -0.39 is 9.84 Å². The summed E-state index contributed by atoms with van der Waals surface area (Å²) in [5, 5.41) is 6.36. The summed E-state index contributed by atoms with van der Waals surface area (Å²) in [4.78, 5) is 11.9. The fourth-order valence-corrected chi connectivity index (χ4v) is 4.39. The topological polar surface area (TPSA) is 99.2 Å². The number of hydrogen-bond donors (Lipinski definition) is 3. The number of nitrogens with zero attached hydrogens (tertiary/aromatic N) is 2. The molecule has 3 rings (SSSR count). The van der Waals surface area contributed by atoms with E-state index in [1.54, 1.807) is 7.05 Å². The summed E-state index contributed by atoms with van der Waals surface area (Å²) in [7, 11) is -1.21. The Bertz CT molecular complexity index is 779. The molecule has 1 unspecified atom stereocenters. The van der Waals surface area contributed by atoms with Gasteiger partial charge in [0.15, 0.2) is 15.8 Å². The Morgan fingerprint density at radius 3 is 2.96 bits per heavy atom. The van der Waals surface area contributed by atoms with Crippen LogP contribution in [-0.2, 0) is 16.3 Å². The lowest BCUT2D eigenvalue weighted by Gasteiger charge is -2.15. The Hall–Kier alpha value is -2.09. The first kappa shape index (κ1) is 15.8. The van der Waals surface area contributed by atoms with Crippen LogP contribution in [0.1, 0.15) is 12.2 Å². The minimum atomic E-state index is -2.89. The summed E-state index contributed by atoms with van der Waals surface area (Å²) in [5.41, 5.74) is 1.99. The molecule has 23 heavy (non-hydrogen) atoms. The molecular formula is C15H21N5O2S. The van der Waals surface area contributed by atoms with Crippen molar-refractivity contribution in [2.24, 2.45) is 4.99 Å². The molecular weight excluding hydrogens is 314 g/mol. The van der Waals surface area contributed by atoms with Gasteiger partial charge in [-0.3, -0.25) is 4.99 Å². The summed E-state index contributed by atoms with van der Waals surface area (Å²) < 4.78 is 23.0. The highest BCUT2D eigenvalue weighted by Gasteiger charge is 2.28. The lowest BCUT2D eigenvalue weighted by atomic mass is 10.3. The number of aliphatic imine (C=N–C) groups is 1. The van der Waals surface area contributed by atoms with Crippen LogP contribution in [0.25, 0.3) is 11.0 Å². The number of nitrogens with one attached hydrogen (secondary N) is 3. The largest absolute Gasteiger partial charge is 0.356 e. The van der Waals surface area contributed by atoms with Gasteiger partial charge in [0.2, 0.25) is 0 Å². The van der Waals surface area contributed by atoms with E-state index in [0.717, 1.165) is 23.3 Å². The number of hydrogen-bond acceptors (Lipinski definition) is 4. The van der Waals surface area contributed by atoms with E-state index in [1.807, 2.05) is 24.3 Å². The molecule has 2 aromatic rings. The standard InChI is InChI=1S/C15H21N5O2S/c1-16-15(18-11-7-9-23(21,22)10-11)17-8-6-14-19-12-4-2-3-5-13(12)20-14/h2-5,11H,6-10H2,1H3,(H,19,20)(H2,16,17,18). The molecule has 0 aliphatic carbocycles. The van der Waals surface area contributed by atoms with Crippen molar-refractivity contribution in [3.63, 3.8) is 0 Å². The first-order chi connectivity index (χ1) is 11.1. The second-order valence-electron chi connectivity index (χ2n) is 5.69. The fraction of sp³-hybridized carbons (Fsp3) is 0.467. The molecule has 0 bridgehead atoms. The minimum Gasteiger partial charge on any atom is -0.356 e. The van der Waals surface area contributed by atoms with Crippen LogP contribution in [0, 0.1) is 0 Å². The van der Waals surface area contributed by atoms with Gasteiger partial charge in [-0.05, 0) is 18.6 Å². The van der Waals surface area contributed by atoms with Crippen LogP contribution in [0.2, 0.25) is 0 Å². The van der Waals surface area contributed by atoms with Crippen molar-refractivity contribution in [2.45, 2.75) is 18.9 Å². The van der Waals surface area contributed by atoms with Crippen molar-refractivity contribution in [1.82, 2.24) is 20.6 Å². The molecule has 1 atom stereocenters. The zero-order valence-electron chi connectivity index (χ0n) is 13.0. The SMILES string of the molecule is CN=C(NCCc1nc2ccccc2[nH]1)NC1CCS(=O)(=O)C1. The first-order valence-corrected chi connectivity index (χ1v) is 9.49. The number of H-pyrrole nitrogens is 1. The number of guanidine groups is 1. The monoisotopic (exact) mass is 335 g/mol. The number of para-hydroxylation sites is 2. The average molecular weight is 335 g/mol. The smallest absolute Gasteiger partial charge is 0.191 e. The van der Waals surface area contributed by atoms with E-state index in [-0.39, 0.29) is 17.5 Å². The Morgan fingerprint density at radius 1 is 1.43 bits per heavy atom. The maximum atomic E-state index is 11.5. The van der Waals surface area contributed by atoms with Crippen LogP contribution in [0.4, 0.5) is 0 Å². The summed E-state index contributed by atoms with van der Waals surface area (Å²) in [6.45, 7) is 0.666. The number of fused-ring (bicyclic) bond motifs is 1. The zero-order valence-corrected chi connectivity index (χ0v) is 13.9. The number of aromatic nitrogens is 2. The lowest BCUT2D eigenvalue weighted by molar-refractivity contribution is 0.599. The number of rotatable bonds is 4. The molecule has 1 aromatic carbocycles. The molecule has 1 aromatic heterocycles. The molecule has 1 fully saturated rings. The van der Waals surface area contributed by atoms with Crippen LogP contribution in [0.5, 0.6) is 0 Å².